The highest BCUT2D eigenvalue weighted by molar-refractivity contribution is 7.99. The Hall–Kier alpha value is -2.05. The van der Waals surface area contributed by atoms with Crippen LogP contribution in [0.25, 0.3) is 11.4 Å². The van der Waals surface area contributed by atoms with Gasteiger partial charge in [-0.25, -0.2) is 0 Å². The molecule has 1 aromatic carbocycles. The molecule has 138 valence electrons. The van der Waals surface area contributed by atoms with Gasteiger partial charge in [0.15, 0.2) is 11.0 Å². The second kappa shape index (κ2) is 9.59. The molecule has 6 heteroatoms. The van der Waals surface area contributed by atoms with Crippen molar-refractivity contribution in [3.63, 3.8) is 0 Å². The first-order chi connectivity index (χ1) is 12.8. The van der Waals surface area contributed by atoms with E-state index >= 15 is 0 Å². The van der Waals surface area contributed by atoms with E-state index in [4.69, 9.17) is 9.15 Å². The number of hydrogen-bond donors (Lipinski definition) is 0. The summed E-state index contributed by atoms with van der Waals surface area (Å²) in [4.78, 5) is 0. The topological polar surface area (TPSA) is 53.1 Å². The minimum atomic E-state index is 0.613. The van der Waals surface area contributed by atoms with Gasteiger partial charge in [-0.2, -0.15) is 0 Å². The Labute approximate surface area is 158 Å². The third-order valence-electron chi connectivity index (χ3n) is 3.99. The molecule has 0 spiro atoms. The van der Waals surface area contributed by atoms with Gasteiger partial charge in [0.05, 0.1) is 19.4 Å². The van der Waals surface area contributed by atoms with Crippen LogP contribution in [0.4, 0.5) is 0 Å². The summed E-state index contributed by atoms with van der Waals surface area (Å²) in [6, 6.07) is 12.2. The lowest BCUT2D eigenvalue weighted by atomic mass is 10.1. The van der Waals surface area contributed by atoms with Crippen LogP contribution in [-0.2, 0) is 11.3 Å². The SMILES string of the molecule is CCCCOCCSc1nnc(-c2cccc(C)c2)n1Cc1ccco1. The van der Waals surface area contributed by atoms with Crippen molar-refractivity contribution in [1.29, 1.82) is 0 Å². The summed E-state index contributed by atoms with van der Waals surface area (Å²) in [7, 11) is 0. The van der Waals surface area contributed by atoms with Crippen molar-refractivity contribution in [2.45, 2.75) is 38.4 Å². The van der Waals surface area contributed by atoms with E-state index in [1.165, 1.54) is 5.56 Å². The number of ether oxygens (including phenoxy) is 1. The third-order valence-corrected chi connectivity index (χ3v) is 4.92. The number of unbranched alkanes of at least 4 members (excludes halogenated alkanes) is 1. The molecule has 0 amide bonds. The summed E-state index contributed by atoms with van der Waals surface area (Å²) in [5.74, 6) is 2.60. The van der Waals surface area contributed by atoms with Crippen molar-refractivity contribution in [3.8, 4) is 11.4 Å². The fraction of sp³-hybridized carbons (Fsp3) is 0.400. The van der Waals surface area contributed by atoms with Crippen LogP contribution in [0.2, 0.25) is 0 Å². The maximum Gasteiger partial charge on any atom is 0.192 e. The molecule has 0 N–H and O–H groups in total. The predicted octanol–water partition coefficient (Wildman–Crippen LogP) is 4.80. The van der Waals surface area contributed by atoms with Crippen LogP contribution in [0, 0.1) is 6.92 Å². The maximum absolute atomic E-state index is 5.65. The van der Waals surface area contributed by atoms with E-state index in [1.807, 2.05) is 18.2 Å². The van der Waals surface area contributed by atoms with E-state index in [9.17, 15) is 0 Å². The van der Waals surface area contributed by atoms with Crippen molar-refractivity contribution < 1.29 is 9.15 Å². The second-order valence-corrected chi connectivity index (χ2v) is 7.22. The van der Waals surface area contributed by atoms with Crippen molar-refractivity contribution >= 4 is 11.8 Å². The predicted molar refractivity (Wildman–Crippen MR) is 104 cm³/mol. The molecule has 0 unspecified atom stereocenters. The van der Waals surface area contributed by atoms with Gasteiger partial charge in [-0.05, 0) is 31.5 Å². The average Bonchev–Trinajstić information content (AvgIpc) is 3.29. The molecule has 0 atom stereocenters. The molecule has 0 aliphatic rings. The quantitative estimate of drug-likeness (QED) is 0.378. The maximum atomic E-state index is 5.65. The summed E-state index contributed by atoms with van der Waals surface area (Å²) in [6.45, 7) is 6.41. The fourth-order valence-electron chi connectivity index (χ4n) is 2.63. The number of hydrogen-bond acceptors (Lipinski definition) is 5. The number of rotatable bonds is 10. The Bertz CT molecular complexity index is 799. The summed E-state index contributed by atoms with van der Waals surface area (Å²) >= 11 is 1.67. The number of furan rings is 1. The van der Waals surface area contributed by atoms with Crippen LogP contribution < -0.4 is 0 Å². The van der Waals surface area contributed by atoms with Crippen LogP contribution in [0.3, 0.4) is 0 Å². The molecule has 0 saturated heterocycles. The average molecular weight is 372 g/mol. The van der Waals surface area contributed by atoms with Gasteiger partial charge < -0.3 is 9.15 Å². The Kier molecular flexibility index (Phi) is 6.91. The first-order valence-electron chi connectivity index (χ1n) is 9.01. The third kappa shape index (κ3) is 4.99. The van der Waals surface area contributed by atoms with E-state index in [2.05, 4.69) is 46.8 Å². The van der Waals surface area contributed by atoms with Crippen molar-refractivity contribution in [1.82, 2.24) is 14.8 Å². The smallest absolute Gasteiger partial charge is 0.192 e. The van der Waals surface area contributed by atoms with Gasteiger partial charge in [0.2, 0.25) is 0 Å². The molecule has 0 aliphatic carbocycles. The molecule has 0 bridgehead atoms. The molecular formula is C20H25N3O2S. The summed E-state index contributed by atoms with van der Waals surface area (Å²) in [5.41, 5.74) is 2.27. The molecule has 5 nitrogen and oxygen atoms in total. The summed E-state index contributed by atoms with van der Waals surface area (Å²) < 4.78 is 13.3. The first-order valence-corrected chi connectivity index (χ1v) is 9.99. The number of benzene rings is 1. The molecule has 0 fully saturated rings. The highest BCUT2D eigenvalue weighted by Gasteiger charge is 2.15. The highest BCUT2D eigenvalue weighted by atomic mass is 32.2. The zero-order valence-electron chi connectivity index (χ0n) is 15.4. The Morgan fingerprint density at radius 2 is 2.08 bits per heavy atom. The van der Waals surface area contributed by atoms with Crippen molar-refractivity contribution in [3.05, 3.63) is 54.0 Å². The molecule has 3 rings (SSSR count). The van der Waals surface area contributed by atoms with Crippen molar-refractivity contribution in [2.75, 3.05) is 19.0 Å². The van der Waals surface area contributed by atoms with Crippen LogP contribution >= 0.6 is 11.8 Å². The number of nitrogens with zero attached hydrogens (tertiary/aromatic N) is 3. The van der Waals surface area contributed by atoms with Crippen molar-refractivity contribution in [2.24, 2.45) is 0 Å². The molecule has 0 radical (unpaired) electrons. The van der Waals surface area contributed by atoms with Gasteiger partial charge in [0.25, 0.3) is 0 Å². The highest BCUT2D eigenvalue weighted by Crippen LogP contribution is 2.25. The number of thioether (sulfide) groups is 1. The molecule has 2 heterocycles. The lowest BCUT2D eigenvalue weighted by Gasteiger charge is -2.09. The molecule has 3 aromatic rings. The minimum absolute atomic E-state index is 0.613. The summed E-state index contributed by atoms with van der Waals surface area (Å²) in [5, 5.41) is 9.75. The van der Waals surface area contributed by atoms with Gasteiger partial charge >= 0.3 is 0 Å². The van der Waals surface area contributed by atoms with E-state index in [-0.39, 0.29) is 0 Å². The van der Waals surface area contributed by atoms with Crippen LogP contribution in [0.1, 0.15) is 31.1 Å². The first kappa shape index (κ1) is 18.7. The minimum Gasteiger partial charge on any atom is -0.467 e. The molecule has 2 aromatic heterocycles. The lowest BCUT2D eigenvalue weighted by Crippen LogP contribution is -2.05. The monoisotopic (exact) mass is 371 g/mol. The fourth-order valence-corrected chi connectivity index (χ4v) is 3.42. The van der Waals surface area contributed by atoms with E-state index in [0.717, 1.165) is 54.1 Å². The van der Waals surface area contributed by atoms with Crippen LogP contribution in [0.15, 0.2) is 52.2 Å². The molecule has 0 aliphatic heterocycles. The molecular weight excluding hydrogens is 346 g/mol. The normalized spacial score (nSPS) is 11.2. The zero-order chi connectivity index (χ0) is 18.2. The molecule has 26 heavy (non-hydrogen) atoms. The van der Waals surface area contributed by atoms with Gasteiger partial charge in [0.1, 0.15) is 5.76 Å². The van der Waals surface area contributed by atoms with Crippen LogP contribution in [-0.4, -0.2) is 33.7 Å². The zero-order valence-corrected chi connectivity index (χ0v) is 16.2. The summed E-state index contributed by atoms with van der Waals surface area (Å²) in [6.07, 6.45) is 3.96. The lowest BCUT2D eigenvalue weighted by molar-refractivity contribution is 0.147. The van der Waals surface area contributed by atoms with Gasteiger partial charge in [-0.1, -0.05) is 48.9 Å². The number of aromatic nitrogens is 3. The number of aryl methyl sites for hydroxylation is 1. The standard InChI is InChI=1S/C20H25N3O2S/c1-3-4-10-24-12-13-26-20-22-21-19(17-8-5-7-16(2)14-17)23(20)15-18-9-6-11-25-18/h5-9,11,14H,3-4,10,12-13,15H2,1-2H3. The largest absolute Gasteiger partial charge is 0.467 e. The van der Waals surface area contributed by atoms with E-state index < -0.39 is 0 Å². The van der Waals surface area contributed by atoms with Gasteiger partial charge in [-0.15, -0.1) is 10.2 Å². The van der Waals surface area contributed by atoms with E-state index in [0.29, 0.717) is 6.54 Å². The van der Waals surface area contributed by atoms with E-state index in [1.54, 1.807) is 18.0 Å². The van der Waals surface area contributed by atoms with Gasteiger partial charge in [0, 0.05) is 17.9 Å². The molecule has 0 saturated carbocycles. The second-order valence-electron chi connectivity index (χ2n) is 6.16. The Morgan fingerprint density at radius 1 is 1.15 bits per heavy atom. The van der Waals surface area contributed by atoms with Gasteiger partial charge in [-0.3, -0.25) is 4.57 Å². The Balaban J connectivity index is 1.75. The van der Waals surface area contributed by atoms with Crippen LogP contribution in [0.5, 0.6) is 0 Å². The Morgan fingerprint density at radius 3 is 2.85 bits per heavy atom.